The van der Waals surface area contributed by atoms with Crippen LogP contribution in [0.5, 0.6) is 0 Å². The highest BCUT2D eigenvalue weighted by atomic mass is 16.5. The monoisotopic (exact) mass is 278 g/mol. The number of hydrogen-bond donors (Lipinski definition) is 2. The second-order valence-electron chi connectivity index (χ2n) is 4.20. The van der Waals surface area contributed by atoms with E-state index in [-0.39, 0.29) is 5.91 Å². The predicted molar refractivity (Wildman–Crippen MR) is 74.4 cm³/mol. The van der Waals surface area contributed by atoms with Gasteiger partial charge in [-0.2, -0.15) is 10.2 Å². The maximum absolute atomic E-state index is 12.2. The van der Waals surface area contributed by atoms with Gasteiger partial charge >= 0.3 is 0 Å². The van der Waals surface area contributed by atoms with Crippen molar-refractivity contribution in [2.75, 3.05) is 24.8 Å². The van der Waals surface area contributed by atoms with Crippen LogP contribution in [-0.4, -0.2) is 39.2 Å². The third kappa shape index (κ3) is 2.97. The molecule has 108 valence electrons. The second kappa shape index (κ2) is 6.20. The molecule has 0 saturated heterocycles. The van der Waals surface area contributed by atoms with Gasteiger partial charge in [-0.3, -0.25) is 14.2 Å². The Labute approximate surface area is 116 Å². The highest BCUT2D eigenvalue weighted by molar-refractivity contribution is 6.06. The molecule has 0 aliphatic heterocycles. The van der Waals surface area contributed by atoms with E-state index in [2.05, 4.69) is 15.5 Å². The number of carbonyl (C=O) groups is 1. The molecule has 0 unspecified atom stereocenters. The van der Waals surface area contributed by atoms with Gasteiger partial charge in [0.05, 0.1) is 36.9 Å². The zero-order valence-corrected chi connectivity index (χ0v) is 11.5. The Bertz CT molecular complexity index is 589. The standard InChI is InChI=1S/C12H18N6O2/c1-3-18-11(10(13)7-15-18)12(19)16-9-6-14-17(8-9)4-5-20-2/h6-8H,3-5,13H2,1-2H3,(H,16,19). The topological polar surface area (TPSA) is 100.0 Å². The van der Waals surface area contributed by atoms with Crippen LogP contribution in [-0.2, 0) is 17.8 Å². The number of rotatable bonds is 6. The van der Waals surface area contributed by atoms with E-state index in [0.29, 0.717) is 36.8 Å². The summed E-state index contributed by atoms with van der Waals surface area (Å²) in [5.41, 5.74) is 7.08. The summed E-state index contributed by atoms with van der Waals surface area (Å²) in [6.07, 6.45) is 4.79. The predicted octanol–water partition coefficient (Wildman–Crippen LogP) is 0.580. The number of aromatic nitrogens is 4. The van der Waals surface area contributed by atoms with Crippen LogP contribution in [0, 0.1) is 0 Å². The van der Waals surface area contributed by atoms with Crippen molar-refractivity contribution in [1.82, 2.24) is 19.6 Å². The number of nitrogen functional groups attached to an aromatic ring is 1. The quantitative estimate of drug-likeness (QED) is 0.805. The zero-order valence-electron chi connectivity index (χ0n) is 11.5. The highest BCUT2D eigenvalue weighted by Gasteiger charge is 2.16. The van der Waals surface area contributed by atoms with Crippen molar-refractivity contribution in [3.8, 4) is 0 Å². The molecule has 0 fully saturated rings. The van der Waals surface area contributed by atoms with E-state index in [9.17, 15) is 4.79 Å². The molecule has 3 N–H and O–H groups in total. The number of carbonyl (C=O) groups excluding carboxylic acids is 1. The number of nitrogens with one attached hydrogen (secondary N) is 1. The number of anilines is 2. The van der Waals surface area contributed by atoms with Gasteiger partial charge in [-0.1, -0.05) is 0 Å². The first kappa shape index (κ1) is 14.1. The van der Waals surface area contributed by atoms with Gasteiger partial charge in [0.25, 0.3) is 5.91 Å². The Morgan fingerprint density at radius 3 is 2.95 bits per heavy atom. The first-order valence-corrected chi connectivity index (χ1v) is 6.29. The van der Waals surface area contributed by atoms with Crippen molar-refractivity contribution in [2.45, 2.75) is 20.0 Å². The van der Waals surface area contributed by atoms with E-state index >= 15 is 0 Å². The van der Waals surface area contributed by atoms with Crippen LogP contribution in [0.4, 0.5) is 11.4 Å². The molecule has 1 amide bonds. The highest BCUT2D eigenvalue weighted by Crippen LogP contribution is 2.14. The largest absolute Gasteiger partial charge is 0.396 e. The van der Waals surface area contributed by atoms with Gasteiger partial charge in [-0.15, -0.1) is 0 Å². The van der Waals surface area contributed by atoms with Gasteiger partial charge in [0.2, 0.25) is 0 Å². The lowest BCUT2D eigenvalue weighted by Crippen LogP contribution is -2.18. The lowest BCUT2D eigenvalue weighted by Gasteiger charge is -2.05. The van der Waals surface area contributed by atoms with Gasteiger partial charge < -0.3 is 15.8 Å². The number of methoxy groups -OCH3 is 1. The van der Waals surface area contributed by atoms with Crippen LogP contribution in [0.2, 0.25) is 0 Å². The van der Waals surface area contributed by atoms with Crippen LogP contribution >= 0.6 is 0 Å². The van der Waals surface area contributed by atoms with Gasteiger partial charge in [0.1, 0.15) is 5.69 Å². The van der Waals surface area contributed by atoms with Crippen molar-refractivity contribution < 1.29 is 9.53 Å². The number of aryl methyl sites for hydroxylation is 1. The van der Waals surface area contributed by atoms with Crippen LogP contribution < -0.4 is 11.1 Å². The molecule has 20 heavy (non-hydrogen) atoms. The molecule has 0 aliphatic carbocycles. The van der Waals surface area contributed by atoms with E-state index in [4.69, 9.17) is 10.5 Å². The summed E-state index contributed by atoms with van der Waals surface area (Å²) >= 11 is 0. The first-order valence-electron chi connectivity index (χ1n) is 6.29. The van der Waals surface area contributed by atoms with E-state index in [1.54, 1.807) is 28.9 Å². The summed E-state index contributed by atoms with van der Waals surface area (Å²) in [7, 11) is 1.63. The third-order valence-electron chi connectivity index (χ3n) is 2.80. The van der Waals surface area contributed by atoms with Crippen molar-refractivity contribution in [3.63, 3.8) is 0 Å². The molecule has 0 atom stereocenters. The maximum Gasteiger partial charge on any atom is 0.276 e. The Hall–Kier alpha value is -2.35. The smallest absolute Gasteiger partial charge is 0.276 e. The fraction of sp³-hybridized carbons (Fsp3) is 0.417. The normalized spacial score (nSPS) is 10.7. The second-order valence-corrected chi connectivity index (χ2v) is 4.20. The molecule has 0 aliphatic rings. The molecular weight excluding hydrogens is 260 g/mol. The number of ether oxygens (including phenoxy) is 1. The molecule has 8 heteroatoms. The molecule has 0 bridgehead atoms. The fourth-order valence-corrected chi connectivity index (χ4v) is 1.81. The third-order valence-corrected chi connectivity index (χ3v) is 2.80. The lowest BCUT2D eigenvalue weighted by atomic mass is 10.3. The number of amides is 1. The number of hydrogen-bond acceptors (Lipinski definition) is 5. The molecule has 0 aromatic carbocycles. The summed E-state index contributed by atoms with van der Waals surface area (Å²) in [6, 6.07) is 0. The molecule has 2 aromatic heterocycles. The Morgan fingerprint density at radius 2 is 2.25 bits per heavy atom. The van der Waals surface area contributed by atoms with Gasteiger partial charge in [-0.05, 0) is 6.92 Å². The van der Waals surface area contributed by atoms with Crippen molar-refractivity contribution in [3.05, 3.63) is 24.3 Å². The Morgan fingerprint density at radius 1 is 1.45 bits per heavy atom. The Kier molecular flexibility index (Phi) is 4.36. The summed E-state index contributed by atoms with van der Waals surface area (Å²) < 4.78 is 8.21. The van der Waals surface area contributed by atoms with Crippen LogP contribution in [0.1, 0.15) is 17.4 Å². The molecular formula is C12H18N6O2. The fourth-order valence-electron chi connectivity index (χ4n) is 1.81. The maximum atomic E-state index is 12.2. The molecule has 0 saturated carbocycles. The molecule has 0 spiro atoms. The van der Waals surface area contributed by atoms with E-state index < -0.39 is 0 Å². The van der Waals surface area contributed by atoms with Crippen molar-refractivity contribution in [2.24, 2.45) is 0 Å². The summed E-state index contributed by atoms with van der Waals surface area (Å²) in [6.45, 7) is 3.66. The average Bonchev–Trinajstić information content (AvgIpc) is 3.02. The average molecular weight is 278 g/mol. The van der Waals surface area contributed by atoms with Gasteiger partial charge in [0.15, 0.2) is 0 Å². The SMILES string of the molecule is CCn1ncc(N)c1C(=O)Nc1cnn(CCOC)c1. The molecule has 2 heterocycles. The minimum absolute atomic E-state index is 0.298. The van der Waals surface area contributed by atoms with E-state index in [0.717, 1.165) is 0 Å². The summed E-state index contributed by atoms with van der Waals surface area (Å²) in [5.74, 6) is -0.298. The first-order chi connectivity index (χ1) is 9.65. The number of nitrogens with two attached hydrogens (primary N) is 1. The minimum Gasteiger partial charge on any atom is -0.396 e. The lowest BCUT2D eigenvalue weighted by molar-refractivity contribution is 0.101. The van der Waals surface area contributed by atoms with Crippen LogP contribution in [0.15, 0.2) is 18.6 Å². The summed E-state index contributed by atoms with van der Waals surface area (Å²) in [5, 5.41) is 10.9. The van der Waals surface area contributed by atoms with E-state index in [1.165, 1.54) is 6.20 Å². The van der Waals surface area contributed by atoms with Gasteiger partial charge in [-0.25, -0.2) is 0 Å². The van der Waals surface area contributed by atoms with Crippen molar-refractivity contribution >= 4 is 17.3 Å². The zero-order chi connectivity index (χ0) is 14.5. The van der Waals surface area contributed by atoms with Gasteiger partial charge in [0, 0.05) is 19.9 Å². The molecule has 8 nitrogen and oxygen atoms in total. The number of nitrogens with zero attached hydrogens (tertiary/aromatic N) is 4. The van der Waals surface area contributed by atoms with Crippen LogP contribution in [0.3, 0.4) is 0 Å². The minimum atomic E-state index is -0.298. The molecule has 2 aromatic rings. The molecule has 0 radical (unpaired) electrons. The summed E-state index contributed by atoms with van der Waals surface area (Å²) in [4.78, 5) is 12.2. The Balaban J connectivity index is 2.07. The van der Waals surface area contributed by atoms with E-state index in [1.807, 2.05) is 6.92 Å². The van der Waals surface area contributed by atoms with Crippen LogP contribution in [0.25, 0.3) is 0 Å². The molecule has 2 rings (SSSR count). The van der Waals surface area contributed by atoms with Crippen molar-refractivity contribution in [1.29, 1.82) is 0 Å².